The van der Waals surface area contributed by atoms with Crippen LogP contribution in [0.15, 0.2) is 30.3 Å². The number of nitrogens with one attached hydrogen (secondary N) is 1. The van der Waals surface area contributed by atoms with Crippen LogP contribution < -0.4 is 10.5 Å². The Labute approximate surface area is 90.5 Å². The van der Waals surface area contributed by atoms with Crippen molar-refractivity contribution in [2.75, 3.05) is 18.8 Å². The molecule has 0 spiro atoms. The quantitative estimate of drug-likeness (QED) is 0.725. The van der Waals surface area contributed by atoms with Gasteiger partial charge in [-0.25, -0.2) is 13.1 Å². The Kier molecular flexibility index (Phi) is 4.74. The number of sulfonamides is 1. The highest BCUT2D eigenvalue weighted by atomic mass is 32.2. The van der Waals surface area contributed by atoms with Gasteiger partial charge < -0.3 is 5.73 Å². The highest BCUT2D eigenvalue weighted by Crippen LogP contribution is 1.98. The molecule has 0 atom stereocenters. The van der Waals surface area contributed by atoms with E-state index in [0.29, 0.717) is 13.0 Å². The molecule has 0 aromatic heterocycles. The second kappa shape index (κ2) is 5.85. The van der Waals surface area contributed by atoms with Crippen LogP contribution in [-0.4, -0.2) is 27.3 Å². The van der Waals surface area contributed by atoms with Crippen LogP contribution in [0, 0.1) is 0 Å². The smallest absolute Gasteiger partial charge is 0.212 e. The molecule has 0 aliphatic carbocycles. The molecule has 4 nitrogen and oxygen atoms in total. The van der Waals surface area contributed by atoms with E-state index >= 15 is 0 Å². The molecular weight excluding hydrogens is 212 g/mol. The molecule has 1 rings (SSSR count). The summed E-state index contributed by atoms with van der Waals surface area (Å²) in [5, 5.41) is 0. The second-order valence-corrected chi connectivity index (χ2v) is 5.16. The molecule has 5 heteroatoms. The van der Waals surface area contributed by atoms with Crippen molar-refractivity contribution in [3.8, 4) is 0 Å². The number of nitrogens with two attached hydrogens (primary N) is 1. The molecule has 0 saturated heterocycles. The maximum Gasteiger partial charge on any atom is 0.212 e. The van der Waals surface area contributed by atoms with Crippen molar-refractivity contribution < 1.29 is 8.42 Å². The molecule has 0 radical (unpaired) electrons. The van der Waals surface area contributed by atoms with E-state index in [9.17, 15) is 8.42 Å². The Morgan fingerprint density at radius 3 is 2.47 bits per heavy atom. The Hall–Kier alpha value is -0.910. The van der Waals surface area contributed by atoms with Crippen LogP contribution in [0.2, 0.25) is 0 Å². The van der Waals surface area contributed by atoms with Crippen molar-refractivity contribution in [2.24, 2.45) is 5.73 Å². The topological polar surface area (TPSA) is 72.2 Å². The molecule has 0 bridgehead atoms. The summed E-state index contributed by atoms with van der Waals surface area (Å²) in [4.78, 5) is 0. The summed E-state index contributed by atoms with van der Waals surface area (Å²) in [7, 11) is -3.18. The van der Waals surface area contributed by atoms with Crippen molar-refractivity contribution in [3.63, 3.8) is 0 Å². The third kappa shape index (κ3) is 4.92. The SMILES string of the molecule is NCCS(=O)(=O)NCCc1ccccc1. The largest absolute Gasteiger partial charge is 0.329 e. The lowest BCUT2D eigenvalue weighted by atomic mass is 10.2. The summed E-state index contributed by atoms with van der Waals surface area (Å²) in [6, 6.07) is 9.74. The van der Waals surface area contributed by atoms with E-state index < -0.39 is 10.0 Å². The van der Waals surface area contributed by atoms with Crippen LogP contribution >= 0.6 is 0 Å². The molecule has 1 aromatic carbocycles. The molecule has 0 saturated carbocycles. The predicted molar refractivity (Wildman–Crippen MR) is 61.0 cm³/mol. The average molecular weight is 228 g/mol. The van der Waals surface area contributed by atoms with Gasteiger partial charge in [0, 0.05) is 13.1 Å². The van der Waals surface area contributed by atoms with Crippen LogP contribution in [0.25, 0.3) is 0 Å². The van der Waals surface area contributed by atoms with E-state index in [1.54, 1.807) is 0 Å². The van der Waals surface area contributed by atoms with E-state index in [4.69, 9.17) is 5.73 Å². The van der Waals surface area contributed by atoms with E-state index in [-0.39, 0.29) is 12.3 Å². The van der Waals surface area contributed by atoms with Crippen molar-refractivity contribution in [1.82, 2.24) is 4.72 Å². The van der Waals surface area contributed by atoms with Gasteiger partial charge in [-0.15, -0.1) is 0 Å². The number of rotatable bonds is 6. The standard InChI is InChI=1S/C10H16N2O2S/c11-7-9-15(13,14)12-8-6-10-4-2-1-3-5-10/h1-5,12H,6-9,11H2. The highest BCUT2D eigenvalue weighted by molar-refractivity contribution is 7.89. The van der Waals surface area contributed by atoms with Gasteiger partial charge in [-0.05, 0) is 12.0 Å². The minimum absolute atomic E-state index is 0.0121. The van der Waals surface area contributed by atoms with Gasteiger partial charge in [-0.2, -0.15) is 0 Å². The summed E-state index contributed by atoms with van der Waals surface area (Å²) < 4.78 is 25.0. The van der Waals surface area contributed by atoms with Crippen LogP contribution in [0.1, 0.15) is 5.56 Å². The Balaban J connectivity index is 2.34. The molecule has 0 aliphatic rings. The summed E-state index contributed by atoms with van der Waals surface area (Å²) in [6.07, 6.45) is 0.699. The summed E-state index contributed by atoms with van der Waals surface area (Å²) in [5.74, 6) is -0.0121. The molecule has 0 amide bonds. The van der Waals surface area contributed by atoms with Gasteiger partial charge >= 0.3 is 0 Å². The van der Waals surface area contributed by atoms with Crippen molar-refractivity contribution in [2.45, 2.75) is 6.42 Å². The summed E-state index contributed by atoms with van der Waals surface area (Å²) in [5.41, 5.74) is 6.30. The molecule has 0 unspecified atom stereocenters. The minimum Gasteiger partial charge on any atom is -0.329 e. The Morgan fingerprint density at radius 2 is 1.87 bits per heavy atom. The van der Waals surface area contributed by atoms with Gasteiger partial charge in [0.15, 0.2) is 0 Å². The van der Waals surface area contributed by atoms with Crippen molar-refractivity contribution in [1.29, 1.82) is 0 Å². The monoisotopic (exact) mass is 228 g/mol. The maximum absolute atomic E-state index is 11.2. The van der Waals surface area contributed by atoms with E-state index in [1.165, 1.54) is 0 Å². The zero-order chi connectivity index (χ0) is 11.1. The maximum atomic E-state index is 11.2. The summed E-state index contributed by atoms with van der Waals surface area (Å²) >= 11 is 0. The first-order valence-corrected chi connectivity index (χ1v) is 6.50. The van der Waals surface area contributed by atoms with Gasteiger partial charge in [0.1, 0.15) is 0 Å². The molecule has 15 heavy (non-hydrogen) atoms. The third-order valence-electron chi connectivity index (χ3n) is 1.97. The van der Waals surface area contributed by atoms with Crippen LogP contribution in [0.4, 0.5) is 0 Å². The lowest BCUT2D eigenvalue weighted by Gasteiger charge is -2.05. The fourth-order valence-electron chi connectivity index (χ4n) is 1.22. The van der Waals surface area contributed by atoms with Gasteiger partial charge in [-0.3, -0.25) is 0 Å². The number of hydrogen-bond acceptors (Lipinski definition) is 3. The summed E-state index contributed by atoms with van der Waals surface area (Å²) in [6.45, 7) is 0.576. The van der Waals surface area contributed by atoms with E-state index in [1.807, 2.05) is 30.3 Å². The van der Waals surface area contributed by atoms with E-state index in [0.717, 1.165) is 5.56 Å². The van der Waals surface area contributed by atoms with Gasteiger partial charge in [-0.1, -0.05) is 30.3 Å². The lowest BCUT2D eigenvalue weighted by molar-refractivity contribution is 0.581. The van der Waals surface area contributed by atoms with Crippen molar-refractivity contribution in [3.05, 3.63) is 35.9 Å². The predicted octanol–water partition coefficient (Wildman–Crippen LogP) is 0.107. The molecule has 0 heterocycles. The molecule has 1 aromatic rings. The van der Waals surface area contributed by atoms with E-state index in [2.05, 4.69) is 4.72 Å². The molecule has 0 fully saturated rings. The first-order valence-electron chi connectivity index (χ1n) is 4.85. The number of benzene rings is 1. The first-order chi connectivity index (χ1) is 7.14. The van der Waals surface area contributed by atoms with Crippen LogP contribution in [-0.2, 0) is 16.4 Å². The Bertz CT molecular complexity index is 376. The lowest BCUT2D eigenvalue weighted by Crippen LogP contribution is -2.31. The van der Waals surface area contributed by atoms with Crippen molar-refractivity contribution >= 4 is 10.0 Å². The third-order valence-corrected chi connectivity index (χ3v) is 3.38. The molecule has 84 valence electrons. The zero-order valence-corrected chi connectivity index (χ0v) is 9.33. The van der Waals surface area contributed by atoms with Gasteiger partial charge in [0.05, 0.1) is 5.75 Å². The number of hydrogen-bond donors (Lipinski definition) is 2. The zero-order valence-electron chi connectivity index (χ0n) is 8.52. The highest BCUT2D eigenvalue weighted by Gasteiger charge is 2.06. The molecular formula is C10H16N2O2S. The molecule has 0 aliphatic heterocycles. The van der Waals surface area contributed by atoms with Crippen LogP contribution in [0.5, 0.6) is 0 Å². The molecule has 3 N–H and O–H groups in total. The minimum atomic E-state index is -3.18. The first kappa shape index (κ1) is 12.2. The van der Waals surface area contributed by atoms with Gasteiger partial charge in [0.25, 0.3) is 0 Å². The van der Waals surface area contributed by atoms with Gasteiger partial charge in [0.2, 0.25) is 10.0 Å². The average Bonchev–Trinajstić information content (AvgIpc) is 2.19. The second-order valence-electron chi connectivity index (χ2n) is 3.24. The normalized spacial score (nSPS) is 11.5. The fraction of sp³-hybridized carbons (Fsp3) is 0.400. The Morgan fingerprint density at radius 1 is 1.20 bits per heavy atom. The van der Waals surface area contributed by atoms with Crippen LogP contribution in [0.3, 0.4) is 0 Å². The fourth-order valence-corrected chi connectivity index (χ4v) is 2.09.